The Hall–Kier alpha value is 0.960. The van der Waals surface area contributed by atoms with Crippen LogP contribution in [0, 0.1) is 21.4 Å². The van der Waals surface area contributed by atoms with E-state index in [1.165, 1.54) is 0 Å². The third kappa shape index (κ3) is 5.71. The minimum atomic E-state index is -1.18. The van der Waals surface area contributed by atoms with Crippen molar-refractivity contribution < 1.29 is 39.5 Å². The molecule has 4 N–H and O–H groups in total. The number of rotatable bonds is 7. The Morgan fingerprint density at radius 1 is 0.600 bits per heavy atom. The molecule has 2 rings (SSSR count). The second-order valence-electron chi connectivity index (χ2n) is 5.35. The maximum atomic E-state index is 11.0. The van der Waals surface area contributed by atoms with Crippen molar-refractivity contribution in [2.45, 2.75) is 0 Å². The standard InChI is InChI=1S/C16H8I6O8/c17-7-5(8(18)14(28)11(21)13(7)27)6-9(19)15(29-1-3(23)24)12(22)16(10(6)20)30-2-4(25)26/h27-28H,1-2H2,(H,23,24)(H,25,26). The van der Waals surface area contributed by atoms with Gasteiger partial charge in [0, 0.05) is 11.1 Å². The van der Waals surface area contributed by atoms with Gasteiger partial charge in [0.25, 0.3) is 0 Å². The molecule has 30 heavy (non-hydrogen) atoms. The Morgan fingerprint density at radius 2 is 0.933 bits per heavy atom. The third-order valence-electron chi connectivity index (χ3n) is 3.44. The molecule has 0 spiro atoms. The number of phenolic OH excluding ortho intramolecular Hbond substituents is 2. The van der Waals surface area contributed by atoms with Crippen LogP contribution in [0.4, 0.5) is 0 Å². The summed E-state index contributed by atoms with van der Waals surface area (Å²) in [5.74, 6) is -2.14. The molecule has 0 aliphatic carbocycles. The molecule has 0 aliphatic rings. The minimum absolute atomic E-state index is 0.102. The van der Waals surface area contributed by atoms with E-state index in [1.807, 2.05) is 136 Å². The number of hydrogen-bond donors (Lipinski definition) is 4. The monoisotopic (exact) mass is 1090 g/mol. The lowest BCUT2D eigenvalue weighted by Crippen LogP contribution is -2.15. The fourth-order valence-electron chi connectivity index (χ4n) is 2.22. The Balaban J connectivity index is 2.92. The number of benzene rings is 2. The minimum Gasteiger partial charge on any atom is -0.506 e. The van der Waals surface area contributed by atoms with Gasteiger partial charge in [0.15, 0.2) is 24.7 Å². The average molecular weight is 1090 g/mol. The van der Waals surface area contributed by atoms with Crippen LogP contribution in [0.2, 0.25) is 0 Å². The molecule has 0 heterocycles. The molecule has 0 fully saturated rings. The first-order valence-electron chi connectivity index (χ1n) is 7.38. The number of phenols is 2. The summed E-state index contributed by atoms with van der Waals surface area (Å²) in [5.41, 5.74) is 1.02. The van der Waals surface area contributed by atoms with Gasteiger partial charge in [-0.2, -0.15) is 0 Å². The number of aliphatic carboxylic acids is 2. The predicted octanol–water partition coefficient (Wildman–Crippen LogP) is 5.32. The van der Waals surface area contributed by atoms with Gasteiger partial charge in [-0.25, -0.2) is 9.59 Å². The molecular formula is C16H8I6O8. The van der Waals surface area contributed by atoms with E-state index in [4.69, 9.17) is 19.7 Å². The summed E-state index contributed by atoms with van der Waals surface area (Å²) in [7, 11) is 0. The summed E-state index contributed by atoms with van der Waals surface area (Å²) >= 11 is 11.7. The molecule has 0 aliphatic heterocycles. The number of hydrogen-bond acceptors (Lipinski definition) is 6. The van der Waals surface area contributed by atoms with Gasteiger partial charge < -0.3 is 29.9 Å². The van der Waals surface area contributed by atoms with E-state index in [9.17, 15) is 19.8 Å². The van der Waals surface area contributed by atoms with E-state index in [0.29, 0.717) is 32.5 Å². The number of carbonyl (C=O) groups is 2. The highest BCUT2D eigenvalue weighted by molar-refractivity contribution is 14.1. The van der Waals surface area contributed by atoms with Crippen molar-refractivity contribution in [3.63, 3.8) is 0 Å². The van der Waals surface area contributed by atoms with Crippen molar-refractivity contribution in [1.82, 2.24) is 0 Å². The maximum Gasteiger partial charge on any atom is 0.341 e. The average Bonchev–Trinajstić information content (AvgIpc) is 2.66. The fraction of sp³-hybridized carbons (Fsp3) is 0.125. The number of ether oxygens (including phenoxy) is 2. The zero-order chi connectivity index (χ0) is 22.9. The summed E-state index contributed by atoms with van der Waals surface area (Å²) in [6.45, 7) is -1.22. The Bertz CT molecular complexity index is 981. The van der Waals surface area contributed by atoms with Crippen LogP contribution in [0.15, 0.2) is 0 Å². The van der Waals surface area contributed by atoms with Crippen molar-refractivity contribution in [2.75, 3.05) is 13.2 Å². The molecule has 2 aromatic rings. The van der Waals surface area contributed by atoms with Crippen LogP contribution in [0.3, 0.4) is 0 Å². The quantitative estimate of drug-likeness (QED) is 0.275. The highest BCUT2D eigenvalue weighted by Gasteiger charge is 2.29. The third-order valence-corrected chi connectivity index (χ3v) is 9.60. The Morgan fingerprint density at radius 3 is 1.27 bits per heavy atom. The van der Waals surface area contributed by atoms with E-state index < -0.39 is 25.2 Å². The van der Waals surface area contributed by atoms with Gasteiger partial charge >= 0.3 is 11.9 Å². The fourth-order valence-corrected chi connectivity index (χ4v) is 10.3. The molecule has 162 valence electrons. The van der Waals surface area contributed by atoms with Gasteiger partial charge in [-0.05, 0) is 136 Å². The first-order chi connectivity index (χ1) is 13.9. The second kappa shape index (κ2) is 11.4. The van der Waals surface area contributed by atoms with Gasteiger partial charge in [-0.3, -0.25) is 0 Å². The van der Waals surface area contributed by atoms with E-state index in [1.54, 1.807) is 0 Å². The number of carboxylic acids is 2. The molecule has 14 heteroatoms. The van der Waals surface area contributed by atoms with Crippen LogP contribution < -0.4 is 9.47 Å². The normalized spacial score (nSPS) is 10.7. The highest BCUT2D eigenvalue weighted by atomic mass is 127. The van der Waals surface area contributed by atoms with Crippen LogP contribution in [-0.2, 0) is 9.59 Å². The van der Waals surface area contributed by atoms with Crippen LogP contribution in [0.1, 0.15) is 0 Å². The lowest BCUT2D eigenvalue weighted by Gasteiger charge is -2.21. The summed E-state index contributed by atoms with van der Waals surface area (Å²) < 4.78 is 13.7. The number of carboxylic acid groups (broad SMARTS) is 2. The summed E-state index contributed by atoms with van der Waals surface area (Å²) in [6.07, 6.45) is 0. The van der Waals surface area contributed by atoms with Crippen molar-refractivity contribution in [3.8, 4) is 34.1 Å². The molecule has 0 aromatic heterocycles. The SMILES string of the molecule is O=C(O)COc1c(I)c(OCC(=O)O)c(I)c(-c2c(I)c(O)c(I)c(O)c2I)c1I. The molecule has 0 radical (unpaired) electrons. The molecule has 0 saturated carbocycles. The molecular weight excluding hydrogens is 1080 g/mol. The zero-order valence-corrected chi connectivity index (χ0v) is 27.0. The predicted molar refractivity (Wildman–Crippen MR) is 158 cm³/mol. The van der Waals surface area contributed by atoms with E-state index in [0.717, 1.165) is 0 Å². The summed E-state index contributed by atoms with van der Waals surface area (Å²) in [6, 6.07) is 0. The number of aromatic hydroxyl groups is 2. The first kappa shape index (κ1) is 27.2. The molecule has 0 saturated heterocycles. The van der Waals surface area contributed by atoms with Crippen LogP contribution in [0.25, 0.3) is 11.1 Å². The molecule has 0 bridgehead atoms. The maximum absolute atomic E-state index is 11.0. The van der Waals surface area contributed by atoms with Crippen LogP contribution in [-0.4, -0.2) is 45.6 Å². The Kier molecular flexibility index (Phi) is 10.3. The zero-order valence-electron chi connectivity index (χ0n) is 14.1. The molecule has 8 nitrogen and oxygen atoms in total. The van der Waals surface area contributed by atoms with Gasteiger partial charge in [0.05, 0.1) is 21.4 Å². The van der Waals surface area contributed by atoms with Gasteiger partial charge in [0.1, 0.15) is 11.5 Å². The lowest BCUT2D eigenvalue weighted by atomic mass is 10.0. The Labute approximate surface area is 251 Å². The summed E-state index contributed by atoms with van der Waals surface area (Å²) in [5, 5.41) is 39.0. The largest absolute Gasteiger partial charge is 0.506 e. The van der Waals surface area contributed by atoms with Gasteiger partial charge in [0.2, 0.25) is 0 Å². The van der Waals surface area contributed by atoms with Crippen LogP contribution >= 0.6 is 136 Å². The smallest absolute Gasteiger partial charge is 0.341 e. The van der Waals surface area contributed by atoms with Gasteiger partial charge in [-0.15, -0.1) is 0 Å². The van der Waals surface area contributed by atoms with E-state index >= 15 is 0 Å². The first-order valence-corrected chi connectivity index (χ1v) is 13.9. The van der Waals surface area contributed by atoms with Crippen molar-refractivity contribution >= 4 is 147 Å². The van der Waals surface area contributed by atoms with Crippen molar-refractivity contribution in [2.24, 2.45) is 0 Å². The van der Waals surface area contributed by atoms with Gasteiger partial charge in [-0.1, -0.05) is 0 Å². The topological polar surface area (TPSA) is 134 Å². The molecule has 0 unspecified atom stereocenters. The molecule has 0 amide bonds. The van der Waals surface area contributed by atoms with Crippen molar-refractivity contribution in [3.05, 3.63) is 21.4 Å². The van der Waals surface area contributed by atoms with Crippen LogP contribution in [0.5, 0.6) is 23.0 Å². The second-order valence-corrected chi connectivity index (χ2v) is 11.8. The summed E-state index contributed by atoms with van der Waals surface area (Å²) in [4.78, 5) is 22.1. The lowest BCUT2D eigenvalue weighted by molar-refractivity contribution is -0.140. The number of halogens is 6. The van der Waals surface area contributed by atoms with E-state index in [2.05, 4.69) is 0 Å². The molecule has 0 atom stereocenters. The highest BCUT2D eigenvalue weighted by Crippen LogP contribution is 2.51. The van der Waals surface area contributed by atoms with E-state index in [-0.39, 0.29) is 23.0 Å². The molecule has 2 aromatic carbocycles. The van der Waals surface area contributed by atoms with Crippen molar-refractivity contribution in [1.29, 1.82) is 0 Å².